The molecule has 0 aromatic heterocycles. The highest BCUT2D eigenvalue weighted by Crippen LogP contribution is 2.25. The lowest BCUT2D eigenvalue weighted by atomic mass is 9.79. The van der Waals surface area contributed by atoms with Gasteiger partial charge in [-0.1, -0.05) is 11.6 Å². The molecule has 0 saturated carbocycles. The summed E-state index contributed by atoms with van der Waals surface area (Å²) in [5.74, 6) is 0.454. The van der Waals surface area contributed by atoms with Gasteiger partial charge < -0.3 is 20.1 Å². The van der Waals surface area contributed by atoms with Gasteiger partial charge in [0.05, 0.1) is 12.7 Å². The lowest BCUT2D eigenvalue weighted by Crippen LogP contribution is -2.40. The molecular weight excluding hydrogens is 254 g/mol. The van der Waals surface area contributed by atoms with E-state index in [1.54, 1.807) is 19.1 Å². The highest BCUT2D eigenvalue weighted by atomic mass is 35.5. The van der Waals surface area contributed by atoms with Crippen LogP contribution < -0.4 is 15.9 Å². The predicted octanol–water partition coefficient (Wildman–Crippen LogP) is 0.177. The van der Waals surface area contributed by atoms with Gasteiger partial charge >= 0.3 is 7.12 Å². The Labute approximate surface area is 110 Å². The second kappa shape index (κ2) is 4.79. The highest BCUT2D eigenvalue weighted by Gasteiger charge is 2.30. The second-order valence-electron chi connectivity index (χ2n) is 4.45. The maximum atomic E-state index is 9.59. The number of nitrogens with zero attached hydrogens (tertiary/aromatic N) is 1. The molecule has 0 radical (unpaired) electrons. The van der Waals surface area contributed by atoms with Gasteiger partial charge in [0.25, 0.3) is 0 Å². The minimum Gasteiger partial charge on any atom is -0.491 e. The van der Waals surface area contributed by atoms with Gasteiger partial charge in [0.15, 0.2) is 0 Å². The Bertz CT molecular complexity index is 516. The molecule has 18 heavy (non-hydrogen) atoms. The number of benzene rings is 1. The number of rotatable bonds is 3. The second-order valence-corrected chi connectivity index (χ2v) is 4.86. The van der Waals surface area contributed by atoms with E-state index in [1.165, 1.54) is 0 Å². The van der Waals surface area contributed by atoms with Gasteiger partial charge in [-0.3, -0.25) is 0 Å². The van der Waals surface area contributed by atoms with Crippen LogP contribution in [0.1, 0.15) is 12.5 Å². The van der Waals surface area contributed by atoms with E-state index < -0.39 is 12.7 Å². The lowest BCUT2D eigenvalue weighted by molar-refractivity contribution is 0.265. The zero-order valence-corrected chi connectivity index (χ0v) is 10.6. The first kappa shape index (κ1) is 13.2. The van der Waals surface area contributed by atoms with E-state index in [9.17, 15) is 5.02 Å². The lowest BCUT2D eigenvalue weighted by Gasteiger charge is -2.17. The fourth-order valence-electron chi connectivity index (χ4n) is 1.61. The smallest absolute Gasteiger partial charge is 0.491 e. The number of nitriles is 1. The van der Waals surface area contributed by atoms with Crippen LogP contribution in [-0.4, -0.2) is 24.3 Å². The molecule has 1 aromatic carbocycles. The van der Waals surface area contributed by atoms with Crippen molar-refractivity contribution in [2.24, 2.45) is 5.73 Å². The van der Waals surface area contributed by atoms with Crippen molar-refractivity contribution in [3.05, 3.63) is 22.7 Å². The summed E-state index contributed by atoms with van der Waals surface area (Å²) in [5, 5.41) is 18.8. The summed E-state index contributed by atoms with van der Waals surface area (Å²) in [6, 6.07) is 5.20. The van der Waals surface area contributed by atoms with Crippen LogP contribution in [0.5, 0.6) is 5.75 Å². The van der Waals surface area contributed by atoms with Crippen molar-refractivity contribution in [3.63, 3.8) is 0 Å². The molecule has 1 aliphatic heterocycles. The number of nitrogens with two attached hydrogens (primary N) is 1. The van der Waals surface area contributed by atoms with Gasteiger partial charge in [-0.25, -0.2) is 0 Å². The standard InChI is InChI=1S/C11H12BClN2O3/c1-11(15,5-14)6-17-7-2-9-8(10(13)3-7)4-18-12(9)16/h2-3,16H,4,6,15H2,1H3/t11-/m0/s1. The van der Waals surface area contributed by atoms with Crippen molar-refractivity contribution in [3.8, 4) is 11.8 Å². The van der Waals surface area contributed by atoms with Gasteiger partial charge in [0, 0.05) is 5.02 Å². The fourth-order valence-corrected chi connectivity index (χ4v) is 1.88. The van der Waals surface area contributed by atoms with E-state index in [0.717, 1.165) is 5.56 Å². The molecule has 7 heteroatoms. The van der Waals surface area contributed by atoms with Crippen molar-refractivity contribution in [1.82, 2.24) is 0 Å². The summed E-state index contributed by atoms with van der Waals surface area (Å²) in [5.41, 5.74) is 5.93. The Morgan fingerprint density at radius 2 is 2.44 bits per heavy atom. The van der Waals surface area contributed by atoms with Crippen LogP contribution >= 0.6 is 11.6 Å². The average Bonchev–Trinajstić information content (AvgIpc) is 2.70. The molecule has 2 rings (SSSR count). The van der Waals surface area contributed by atoms with E-state index in [0.29, 0.717) is 16.2 Å². The van der Waals surface area contributed by atoms with Crippen LogP contribution in [0.15, 0.2) is 12.1 Å². The molecule has 0 fully saturated rings. The summed E-state index contributed by atoms with van der Waals surface area (Å²) >= 11 is 6.06. The monoisotopic (exact) mass is 266 g/mol. The summed E-state index contributed by atoms with van der Waals surface area (Å²) in [6.45, 7) is 1.89. The predicted molar refractivity (Wildman–Crippen MR) is 67.5 cm³/mol. The van der Waals surface area contributed by atoms with Gasteiger partial charge in [-0.2, -0.15) is 5.26 Å². The third-order valence-electron chi connectivity index (χ3n) is 2.65. The minimum absolute atomic E-state index is 0.0373. The zero-order valence-electron chi connectivity index (χ0n) is 9.81. The summed E-state index contributed by atoms with van der Waals surface area (Å²) < 4.78 is 10.5. The first-order valence-corrected chi connectivity index (χ1v) is 5.76. The van der Waals surface area contributed by atoms with Crippen LogP contribution in [-0.2, 0) is 11.3 Å². The van der Waals surface area contributed by atoms with E-state index in [2.05, 4.69) is 0 Å². The van der Waals surface area contributed by atoms with Crippen LogP contribution in [0.4, 0.5) is 0 Å². The Morgan fingerprint density at radius 1 is 1.72 bits per heavy atom. The molecule has 1 aliphatic rings. The number of ether oxygens (including phenoxy) is 1. The molecule has 1 heterocycles. The van der Waals surface area contributed by atoms with Crippen molar-refractivity contribution < 1.29 is 14.4 Å². The van der Waals surface area contributed by atoms with Crippen molar-refractivity contribution in [2.45, 2.75) is 19.1 Å². The molecule has 1 atom stereocenters. The van der Waals surface area contributed by atoms with Crippen molar-refractivity contribution in [2.75, 3.05) is 6.61 Å². The fraction of sp³-hybridized carbons (Fsp3) is 0.364. The molecule has 3 N–H and O–H groups in total. The number of hydrogen-bond acceptors (Lipinski definition) is 5. The average molecular weight is 266 g/mol. The Hall–Kier alpha value is -1.26. The molecule has 94 valence electrons. The first-order valence-electron chi connectivity index (χ1n) is 5.38. The molecular formula is C11H12BClN2O3. The molecule has 0 spiro atoms. The van der Waals surface area contributed by atoms with Crippen LogP contribution in [0, 0.1) is 11.3 Å². The van der Waals surface area contributed by atoms with Crippen LogP contribution in [0.25, 0.3) is 0 Å². The number of halogens is 1. The third-order valence-corrected chi connectivity index (χ3v) is 2.99. The molecule has 0 unspecified atom stereocenters. The Kier molecular flexibility index (Phi) is 3.50. The topological polar surface area (TPSA) is 88.5 Å². The van der Waals surface area contributed by atoms with Gasteiger partial charge in [0.1, 0.15) is 17.9 Å². The summed E-state index contributed by atoms with van der Waals surface area (Å²) in [4.78, 5) is 0. The first-order chi connectivity index (χ1) is 8.43. The van der Waals surface area contributed by atoms with Crippen LogP contribution in [0.3, 0.4) is 0 Å². The van der Waals surface area contributed by atoms with Gasteiger partial charge in [0.2, 0.25) is 0 Å². The minimum atomic E-state index is -1.07. The summed E-state index contributed by atoms with van der Waals surface area (Å²) in [6.07, 6.45) is 0. The van der Waals surface area contributed by atoms with E-state index in [-0.39, 0.29) is 13.2 Å². The zero-order chi connectivity index (χ0) is 13.3. The van der Waals surface area contributed by atoms with E-state index in [4.69, 9.17) is 32.0 Å². The molecule has 0 saturated heterocycles. The molecule has 0 aliphatic carbocycles. The van der Waals surface area contributed by atoms with Gasteiger partial charge in [-0.05, 0) is 30.1 Å². The van der Waals surface area contributed by atoms with Crippen LogP contribution in [0.2, 0.25) is 5.02 Å². The Balaban J connectivity index is 2.19. The molecule has 1 aromatic rings. The Morgan fingerprint density at radius 3 is 3.11 bits per heavy atom. The van der Waals surface area contributed by atoms with E-state index >= 15 is 0 Å². The summed E-state index contributed by atoms with van der Waals surface area (Å²) in [7, 11) is -0.985. The number of fused-ring (bicyclic) bond motifs is 1. The molecule has 0 bridgehead atoms. The molecule has 5 nitrogen and oxygen atoms in total. The van der Waals surface area contributed by atoms with Crippen molar-refractivity contribution in [1.29, 1.82) is 5.26 Å². The maximum absolute atomic E-state index is 9.59. The SMILES string of the molecule is C[C@](N)(C#N)COc1cc(Cl)c2c(c1)B(O)OC2. The van der Waals surface area contributed by atoms with E-state index in [1.807, 2.05) is 6.07 Å². The molecule has 0 amide bonds. The normalized spacial score (nSPS) is 16.9. The highest BCUT2D eigenvalue weighted by molar-refractivity contribution is 6.62. The maximum Gasteiger partial charge on any atom is 0.491 e. The third kappa shape index (κ3) is 2.60. The van der Waals surface area contributed by atoms with Gasteiger partial charge in [-0.15, -0.1) is 0 Å². The quantitative estimate of drug-likeness (QED) is 0.762. The number of hydrogen-bond donors (Lipinski definition) is 2. The van der Waals surface area contributed by atoms with Crippen molar-refractivity contribution >= 4 is 24.2 Å². The largest absolute Gasteiger partial charge is 0.491 e.